The van der Waals surface area contributed by atoms with Crippen LogP contribution in [0.1, 0.15) is 40.0 Å². The molecule has 0 radical (unpaired) electrons. The van der Waals surface area contributed by atoms with Crippen molar-refractivity contribution in [3.8, 4) is 0 Å². The molecule has 5 nitrogen and oxygen atoms in total. The quantitative estimate of drug-likeness (QED) is 0.349. The Hall–Kier alpha value is -0.650. The summed E-state index contributed by atoms with van der Waals surface area (Å²) in [5.41, 5.74) is -1.20. The molecular weight excluding hydrogens is 255 g/mol. The van der Waals surface area contributed by atoms with Crippen LogP contribution in [-0.2, 0) is 9.59 Å². The summed E-state index contributed by atoms with van der Waals surface area (Å²) in [6, 6.07) is -0.856. The van der Waals surface area contributed by atoms with Crippen molar-refractivity contribution in [1.82, 2.24) is 5.32 Å². The van der Waals surface area contributed by atoms with Crippen molar-refractivity contribution < 1.29 is 44.3 Å². The number of hydrogen-bond acceptors (Lipinski definition) is 3. The molecule has 100 valence electrons. The maximum atomic E-state index is 12.0. The van der Waals surface area contributed by atoms with E-state index in [9.17, 15) is 14.7 Å². The summed E-state index contributed by atoms with van der Waals surface area (Å²) >= 11 is 0. The Labute approximate surface area is 135 Å². The smallest absolute Gasteiger partial charge is 0.846 e. The summed E-state index contributed by atoms with van der Waals surface area (Å²) in [6.07, 6.45) is 4.99. The van der Waals surface area contributed by atoms with E-state index in [1.165, 1.54) is 0 Å². The SMILES string of the molecule is C/C=C/CC1(CCC(C)C)C(=O)N=C([O-])NC1=O.[Na+]. The van der Waals surface area contributed by atoms with E-state index in [2.05, 4.69) is 10.3 Å². The van der Waals surface area contributed by atoms with Crippen LogP contribution in [0.5, 0.6) is 0 Å². The van der Waals surface area contributed by atoms with Crippen LogP contribution in [-0.4, -0.2) is 17.8 Å². The Kier molecular flexibility index (Phi) is 7.55. The third-order valence-electron chi connectivity index (χ3n) is 3.12. The van der Waals surface area contributed by atoms with E-state index < -0.39 is 23.3 Å². The van der Waals surface area contributed by atoms with Crippen LogP contribution in [0, 0.1) is 11.3 Å². The molecule has 1 rings (SSSR count). The first-order valence-corrected chi connectivity index (χ1v) is 6.15. The van der Waals surface area contributed by atoms with E-state index in [4.69, 9.17) is 0 Å². The normalized spacial score (nSPS) is 23.3. The van der Waals surface area contributed by atoms with Gasteiger partial charge in [-0.05, 0) is 32.1 Å². The van der Waals surface area contributed by atoms with E-state index in [-0.39, 0.29) is 36.0 Å². The van der Waals surface area contributed by atoms with Gasteiger partial charge < -0.3 is 10.4 Å². The summed E-state index contributed by atoms with van der Waals surface area (Å²) < 4.78 is 0. The fourth-order valence-electron chi connectivity index (χ4n) is 1.90. The Bertz CT molecular complexity index is 405. The summed E-state index contributed by atoms with van der Waals surface area (Å²) in [7, 11) is 0. The number of aliphatic imine (C=N–C) groups is 1. The van der Waals surface area contributed by atoms with Crippen molar-refractivity contribution >= 4 is 17.8 Å². The number of nitrogens with zero attached hydrogens (tertiary/aromatic N) is 1. The molecule has 0 fully saturated rings. The van der Waals surface area contributed by atoms with Crippen molar-refractivity contribution in [2.45, 2.75) is 40.0 Å². The van der Waals surface area contributed by atoms with Crippen molar-refractivity contribution in [2.75, 3.05) is 0 Å². The monoisotopic (exact) mass is 274 g/mol. The topological polar surface area (TPSA) is 81.6 Å². The Morgan fingerprint density at radius 3 is 2.53 bits per heavy atom. The number of nitrogens with one attached hydrogen (secondary N) is 1. The van der Waals surface area contributed by atoms with Gasteiger partial charge in [-0.2, -0.15) is 0 Å². The van der Waals surface area contributed by atoms with Gasteiger partial charge in [0.1, 0.15) is 5.41 Å². The Morgan fingerprint density at radius 2 is 2.05 bits per heavy atom. The average Bonchev–Trinajstić information content (AvgIpc) is 2.27. The second kappa shape index (κ2) is 7.82. The third kappa shape index (κ3) is 4.44. The van der Waals surface area contributed by atoms with Gasteiger partial charge in [0, 0.05) is 0 Å². The fourth-order valence-corrected chi connectivity index (χ4v) is 1.90. The molecule has 1 heterocycles. The summed E-state index contributed by atoms with van der Waals surface area (Å²) in [5, 5.41) is 13.2. The third-order valence-corrected chi connectivity index (χ3v) is 3.12. The molecule has 6 heteroatoms. The van der Waals surface area contributed by atoms with Crippen LogP contribution in [0.2, 0.25) is 0 Å². The molecule has 0 bridgehead atoms. The van der Waals surface area contributed by atoms with Crippen LogP contribution < -0.4 is 40.0 Å². The average molecular weight is 274 g/mol. The van der Waals surface area contributed by atoms with E-state index in [0.29, 0.717) is 12.3 Å². The first-order chi connectivity index (χ1) is 8.42. The molecule has 1 unspecified atom stereocenters. The fraction of sp³-hybridized carbons (Fsp3) is 0.615. The zero-order valence-corrected chi connectivity index (χ0v) is 14.0. The molecule has 1 aliphatic rings. The Balaban J connectivity index is 0.00000324. The van der Waals surface area contributed by atoms with Gasteiger partial charge in [0.05, 0.1) is 6.02 Å². The number of hydrogen-bond donors (Lipinski definition) is 1. The van der Waals surface area contributed by atoms with E-state index in [1.807, 2.05) is 20.8 Å². The molecule has 0 aliphatic carbocycles. The van der Waals surface area contributed by atoms with Gasteiger partial charge in [-0.15, -0.1) is 0 Å². The van der Waals surface area contributed by atoms with E-state index in [1.54, 1.807) is 12.2 Å². The molecule has 1 N–H and O–H groups in total. The molecule has 0 aromatic heterocycles. The Morgan fingerprint density at radius 1 is 1.42 bits per heavy atom. The minimum Gasteiger partial charge on any atom is -0.846 e. The largest absolute Gasteiger partial charge is 1.00 e. The molecule has 0 aromatic rings. The van der Waals surface area contributed by atoms with Crippen molar-refractivity contribution in [3.63, 3.8) is 0 Å². The molecule has 0 saturated heterocycles. The van der Waals surface area contributed by atoms with Crippen LogP contribution >= 0.6 is 0 Å². The summed E-state index contributed by atoms with van der Waals surface area (Å²) in [6.45, 7) is 5.87. The second-order valence-electron chi connectivity index (χ2n) is 4.96. The standard InChI is InChI=1S/C13H20N2O3.Na/c1-4-5-7-13(8-6-9(2)3)10(16)14-12(18)15-11(13)17;/h4-5,9H,6-8H2,1-3H3,(H2,14,15,16,17,18);/q;+1/p-1/b5-4+;. The van der Waals surface area contributed by atoms with Gasteiger partial charge in [0.25, 0.3) is 5.91 Å². The minimum absolute atomic E-state index is 0. The first kappa shape index (κ1) is 18.4. The van der Waals surface area contributed by atoms with Gasteiger partial charge in [0.2, 0.25) is 5.91 Å². The minimum atomic E-state index is -1.20. The molecule has 19 heavy (non-hydrogen) atoms. The van der Waals surface area contributed by atoms with E-state index in [0.717, 1.165) is 6.42 Å². The van der Waals surface area contributed by atoms with Crippen molar-refractivity contribution in [1.29, 1.82) is 0 Å². The zero-order valence-electron chi connectivity index (χ0n) is 12.0. The van der Waals surface area contributed by atoms with Crippen molar-refractivity contribution in [3.05, 3.63) is 12.2 Å². The van der Waals surface area contributed by atoms with E-state index >= 15 is 0 Å². The molecule has 0 saturated carbocycles. The maximum Gasteiger partial charge on any atom is 1.00 e. The second-order valence-corrected chi connectivity index (χ2v) is 4.96. The van der Waals surface area contributed by atoms with Gasteiger partial charge >= 0.3 is 29.6 Å². The maximum absolute atomic E-state index is 12.0. The van der Waals surface area contributed by atoms with Gasteiger partial charge in [-0.25, -0.2) is 4.99 Å². The van der Waals surface area contributed by atoms with Crippen molar-refractivity contribution in [2.24, 2.45) is 16.3 Å². The molecule has 1 atom stereocenters. The molecule has 1 aliphatic heterocycles. The number of amides is 2. The summed E-state index contributed by atoms with van der Waals surface area (Å²) in [4.78, 5) is 27.4. The van der Waals surface area contributed by atoms with Crippen LogP contribution in [0.15, 0.2) is 17.1 Å². The number of amidine groups is 1. The number of rotatable bonds is 5. The number of carbonyl (C=O) groups is 2. The van der Waals surface area contributed by atoms with Crippen LogP contribution in [0.3, 0.4) is 0 Å². The van der Waals surface area contributed by atoms with Crippen LogP contribution in [0.4, 0.5) is 0 Å². The molecule has 0 spiro atoms. The predicted octanol–water partition coefficient (Wildman–Crippen LogP) is -2.25. The predicted molar refractivity (Wildman–Crippen MR) is 66.5 cm³/mol. The van der Waals surface area contributed by atoms with Gasteiger partial charge in [0.15, 0.2) is 0 Å². The molecular formula is C13H19N2NaO3. The number of allylic oxidation sites excluding steroid dienone is 2. The van der Waals surface area contributed by atoms with Gasteiger partial charge in [-0.3, -0.25) is 9.59 Å². The molecule has 2 amide bonds. The molecule has 0 aromatic carbocycles. The first-order valence-electron chi connectivity index (χ1n) is 6.15. The van der Waals surface area contributed by atoms with Crippen LogP contribution in [0.25, 0.3) is 0 Å². The zero-order chi connectivity index (χ0) is 13.8. The van der Waals surface area contributed by atoms with Gasteiger partial charge in [-0.1, -0.05) is 26.0 Å². The number of carbonyl (C=O) groups excluding carboxylic acids is 2. The summed E-state index contributed by atoms with van der Waals surface area (Å²) in [5.74, 6) is -0.757.